The molecule has 0 saturated heterocycles. The molecule has 0 bridgehead atoms. The zero-order chi connectivity index (χ0) is 6.24. The lowest BCUT2D eigenvalue weighted by Crippen LogP contribution is -1.90. The van der Waals surface area contributed by atoms with E-state index in [1.54, 1.807) is 6.21 Å². The lowest BCUT2D eigenvalue weighted by molar-refractivity contribution is 1.10. The van der Waals surface area contributed by atoms with Crippen LogP contribution in [0.25, 0.3) is 0 Å². The maximum absolute atomic E-state index is 3.96. The van der Waals surface area contributed by atoms with Crippen molar-refractivity contribution in [2.24, 2.45) is 4.99 Å². The second-order valence-electron chi connectivity index (χ2n) is 1.30. The van der Waals surface area contributed by atoms with Gasteiger partial charge < -0.3 is 5.32 Å². The molecular formula is C6H12N2. The van der Waals surface area contributed by atoms with Gasteiger partial charge in [0.1, 0.15) is 0 Å². The van der Waals surface area contributed by atoms with E-state index in [4.69, 9.17) is 0 Å². The third kappa shape index (κ3) is 5.21. The average Bonchev–Trinajstić information content (AvgIpc) is 1.81. The van der Waals surface area contributed by atoms with E-state index < -0.39 is 0 Å². The minimum Gasteiger partial charge on any atom is -0.394 e. The summed E-state index contributed by atoms with van der Waals surface area (Å²) in [5.74, 6) is 0. The lowest BCUT2D eigenvalue weighted by atomic mass is 10.6. The molecule has 46 valence electrons. The summed E-state index contributed by atoms with van der Waals surface area (Å²) in [6.07, 6.45) is 5.47. The van der Waals surface area contributed by atoms with Crippen LogP contribution < -0.4 is 5.32 Å². The summed E-state index contributed by atoms with van der Waals surface area (Å²) in [7, 11) is 1.86. The molecule has 0 aliphatic carbocycles. The van der Waals surface area contributed by atoms with Crippen molar-refractivity contribution in [1.82, 2.24) is 5.32 Å². The van der Waals surface area contributed by atoms with Crippen LogP contribution in [0.15, 0.2) is 17.3 Å². The van der Waals surface area contributed by atoms with Gasteiger partial charge >= 0.3 is 0 Å². The first-order valence-electron chi connectivity index (χ1n) is 2.74. The summed E-state index contributed by atoms with van der Waals surface area (Å²) in [6.45, 7) is 2.86. The van der Waals surface area contributed by atoms with Gasteiger partial charge in [0, 0.05) is 19.8 Å². The van der Waals surface area contributed by atoms with E-state index in [2.05, 4.69) is 10.3 Å². The molecule has 1 N–H and O–H groups in total. The number of hydrogen-bond acceptors (Lipinski definition) is 2. The molecule has 0 rings (SSSR count). The van der Waals surface area contributed by atoms with Gasteiger partial charge in [-0.3, -0.25) is 4.99 Å². The molecule has 2 nitrogen and oxygen atoms in total. The number of aliphatic imine (C=N–C) groups is 1. The van der Waals surface area contributed by atoms with Crippen LogP contribution in [0.4, 0.5) is 0 Å². The third-order valence-corrected chi connectivity index (χ3v) is 0.637. The standard InChI is InChI=1S/C6H12N2/c1-3-8-6-4-5-7-2/h4-7H,3H2,1-2H3/b5-4-,8-6-. The number of nitrogens with one attached hydrogen (secondary N) is 1. The summed E-state index contributed by atoms with van der Waals surface area (Å²) in [5.41, 5.74) is 0. The lowest BCUT2D eigenvalue weighted by Gasteiger charge is -1.79. The Labute approximate surface area is 50.3 Å². The van der Waals surface area contributed by atoms with E-state index in [1.165, 1.54) is 0 Å². The zero-order valence-corrected chi connectivity index (χ0v) is 5.39. The molecule has 0 aliphatic rings. The molecule has 0 spiro atoms. The van der Waals surface area contributed by atoms with E-state index in [9.17, 15) is 0 Å². The van der Waals surface area contributed by atoms with Gasteiger partial charge in [-0.05, 0) is 19.2 Å². The van der Waals surface area contributed by atoms with Crippen LogP contribution in [0, 0.1) is 0 Å². The average molecular weight is 112 g/mol. The van der Waals surface area contributed by atoms with Crippen LogP contribution in [0.1, 0.15) is 6.92 Å². The number of nitrogens with zero attached hydrogens (tertiary/aromatic N) is 1. The maximum atomic E-state index is 3.96. The molecule has 0 aromatic heterocycles. The first-order valence-corrected chi connectivity index (χ1v) is 2.74. The van der Waals surface area contributed by atoms with Crippen molar-refractivity contribution in [3.63, 3.8) is 0 Å². The van der Waals surface area contributed by atoms with Crippen molar-refractivity contribution < 1.29 is 0 Å². The Bertz CT molecular complexity index is 72.5. The van der Waals surface area contributed by atoms with Gasteiger partial charge in [0.15, 0.2) is 0 Å². The van der Waals surface area contributed by atoms with Crippen LogP contribution in [-0.4, -0.2) is 19.8 Å². The van der Waals surface area contributed by atoms with E-state index in [0.29, 0.717) is 0 Å². The maximum Gasteiger partial charge on any atom is 0.0360 e. The second-order valence-corrected chi connectivity index (χ2v) is 1.30. The highest BCUT2D eigenvalue weighted by molar-refractivity contribution is 5.70. The molecule has 0 atom stereocenters. The van der Waals surface area contributed by atoms with E-state index in [0.717, 1.165) is 6.54 Å². The molecule has 8 heavy (non-hydrogen) atoms. The SMILES string of the molecule is CC/N=C\C=C/NC. The first-order chi connectivity index (χ1) is 3.91. The Balaban J connectivity index is 3.13. The van der Waals surface area contributed by atoms with E-state index in [-0.39, 0.29) is 0 Å². The third-order valence-electron chi connectivity index (χ3n) is 0.637. The van der Waals surface area contributed by atoms with E-state index >= 15 is 0 Å². The van der Waals surface area contributed by atoms with Crippen LogP contribution in [0.2, 0.25) is 0 Å². The predicted octanol–water partition coefficient (Wildman–Crippen LogP) is 0.810. The van der Waals surface area contributed by atoms with Gasteiger partial charge in [-0.2, -0.15) is 0 Å². The largest absolute Gasteiger partial charge is 0.394 e. The molecule has 0 aliphatic heterocycles. The Hall–Kier alpha value is -0.790. The highest BCUT2D eigenvalue weighted by atomic mass is 14.8. The second kappa shape index (κ2) is 6.21. The summed E-state index contributed by atoms with van der Waals surface area (Å²) in [5, 5.41) is 2.85. The molecule has 0 fully saturated rings. The Kier molecular flexibility index (Phi) is 5.60. The van der Waals surface area contributed by atoms with Crippen LogP contribution in [-0.2, 0) is 0 Å². The van der Waals surface area contributed by atoms with Gasteiger partial charge in [0.2, 0.25) is 0 Å². The Morgan fingerprint density at radius 1 is 1.62 bits per heavy atom. The van der Waals surface area contributed by atoms with Crippen LogP contribution in [0.3, 0.4) is 0 Å². The van der Waals surface area contributed by atoms with Crippen molar-refractivity contribution in [3.05, 3.63) is 12.3 Å². The number of hydrogen-bond donors (Lipinski definition) is 1. The summed E-state index contributed by atoms with van der Waals surface area (Å²) in [4.78, 5) is 3.96. The highest BCUT2D eigenvalue weighted by Crippen LogP contribution is 1.64. The Morgan fingerprint density at radius 3 is 2.88 bits per heavy atom. The number of allylic oxidation sites excluding steroid dienone is 1. The fourth-order valence-corrected chi connectivity index (χ4v) is 0.306. The molecule has 0 amide bonds. The predicted molar refractivity (Wildman–Crippen MR) is 37.2 cm³/mol. The summed E-state index contributed by atoms with van der Waals surface area (Å²) >= 11 is 0. The molecule has 0 heterocycles. The topological polar surface area (TPSA) is 24.4 Å². The first kappa shape index (κ1) is 7.21. The molecular weight excluding hydrogens is 100 g/mol. The van der Waals surface area contributed by atoms with Crippen molar-refractivity contribution >= 4 is 6.21 Å². The fraction of sp³-hybridized carbons (Fsp3) is 0.500. The molecule has 0 aromatic carbocycles. The van der Waals surface area contributed by atoms with Crippen molar-refractivity contribution in [1.29, 1.82) is 0 Å². The fourth-order valence-electron chi connectivity index (χ4n) is 0.306. The van der Waals surface area contributed by atoms with Gasteiger partial charge in [0.05, 0.1) is 0 Å². The monoisotopic (exact) mass is 112 g/mol. The quantitative estimate of drug-likeness (QED) is 0.537. The molecule has 0 aromatic rings. The minimum atomic E-state index is 0.855. The Morgan fingerprint density at radius 2 is 2.38 bits per heavy atom. The molecule has 2 heteroatoms. The van der Waals surface area contributed by atoms with Crippen molar-refractivity contribution in [3.8, 4) is 0 Å². The van der Waals surface area contributed by atoms with Crippen molar-refractivity contribution in [2.45, 2.75) is 6.92 Å². The number of rotatable bonds is 3. The molecule has 0 unspecified atom stereocenters. The van der Waals surface area contributed by atoms with Gasteiger partial charge in [-0.25, -0.2) is 0 Å². The minimum absolute atomic E-state index is 0.855. The van der Waals surface area contributed by atoms with Gasteiger partial charge in [-0.1, -0.05) is 0 Å². The molecule has 0 saturated carbocycles. The smallest absolute Gasteiger partial charge is 0.0360 e. The van der Waals surface area contributed by atoms with Crippen LogP contribution in [0.5, 0.6) is 0 Å². The summed E-state index contributed by atoms with van der Waals surface area (Å²) < 4.78 is 0. The van der Waals surface area contributed by atoms with Gasteiger partial charge in [0.25, 0.3) is 0 Å². The van der Waals surface area contributed by atoms with E-state index in [1.807, 2.05) is 26.2 Å². The van der Waals surface area contributed by atoms with Crippen LogP contribution >= 0.6 is 0 Å². The highest BCUT2D eigenvalue weighted by Gasteiger charge is 1.60. The zero-order valence-electron chi connectivity index (χ0n) is 5.39. The molecule has 0 radical (unpaired) electrons. The normalized spacial score (nSPS) is 11.2. The van der Waals surface area contributed by atoms with Crippen molar-refractivity contribution in [2.75, 3.05) is 13.6 Å². The van der Waals surface area contributed by atoms with Gasteiger partial charge in [-0.15, -0.1) is 0 Å². The summed E-state index contributed by atoms with van der Waals surface area (Å²) in [6, 6.07) is 0.